The van der Waals surface area contributed by atoms with Crippen molar-refractivity contribution >= 4 is 11.9 Å². The van der Waals surface area contributed by atoms with Crippen LogP contribution in [0.15, 0.2) is 0 Å². The maximum Gasteiger partial charge on any atom is 0.305 e. The zero-order chi connectivity index (χ0) is 45.8. The molecule has 0 aliphatic heterocycles. The number of rotatable bonds is 54. The normalized spacial score (nSPS) is 12.5. The molecular weight excluding hydrogens is 779 g/mol. The summed E-state index contributed by atoms with van der Waals surface area (Å²) in [5.74, 6) is -0.0262. The number of nitrogens with one attached hydrogen (secondary N) is 1. The first-order valence-electron chi connectivity index (χ1n) is 28.8. The van der Waals surface area contributed by atoms with Crippen molar-refractivity contribution in [3.63, 3.8) is 0 Å². The molecule has 63 heavy (non-hydrogen) atoms. The monoisotopic (exact) mass is 892 g/mol. The van der Waals surface area contributed by atoms with E-state index in [9.17, 15) is 19.8 Å². The molecule has 0 aromatic heterocycles. The molecule has 0 fully saturated rings. The molecule has 1 amide bonds. The van der Waals surface area contributed by atoms with Crippen molar-refractivity contribution in [1.82, 2.24) is 5.32 Å². The summed E-state index contributed by atoms with van der Waals surface area (Å²) < 4.78 is 5.48. The minimum absolute atomic E-state index is 0.0104. The number of hydrogen-bond donors (Lipinski definition) is 3. The van der Waals surface area contributed by atoms with Crippen molar-refractivity contribution in [2.75, 3.05) is 13.2 Å². The van der Waals surface area contributed by atoms with Crippen LogP contribution in [0.1, 0.15) is 328 Å². The molecule has 376 valence electrons. The van der Waals surface area contributed by atoms with E-state index in [1.54, 1.807) is 0 Å². The molecule has 0 saturated heterocycles. The molecule has 2 unspecified atom stereocenters. The summed E-state index contributed by atoms with van der Waals surface area (Å²) in [6, 6.07) is -0.542. The number of aliphatic hydroxyl groups is 2. The SMILES string of the molecule is CCCCCCCCCCCCCCCCC(=O)OCCCCCCCCCCCCCCCCCCCCC(=O)NC(CO)C(O)CCCCCCCCCCCCCCCC. The molecule has 0 aliphatic carbocycles. The van der Waals surface area contributed by atoms with Crippen LogP contribution in [-0.2, 0) is 14.3 Å². The van der Waals surface area contributed by atoms with E-state index in [0.29, 0.717) is 25.9 Å². The Morgan fingerprint density at radius 2 is 0.651 bits per heavy atom. The first-order chi connectivity index (χ1) is 31.0. The average molecular weight is 893 g/mol. The van der Waals surface area contributed by atoms with E-state index in [2.05, 4.69) is 19.2 Å². The van der Waals surface area contributed by atoms with Gasteiger partial charge in [-0.05, 0) is 25.7 Å². The highest BCUT2D eigenvalue weighted by Crippen LogP contribution is 2.18. The molecule has 0 saturated carbocycles. The summed E-state index contributed by atoms with van der Waals surface area (Å²) in [6.07, 6.45) is 60.9. The number of carbonyl (C=O) groups excluding carboxylic acids is 2. The van der Waals surface area contributed by atoms with Crippen molar-refractivity contribution in [1.29, 1.82) is 0 Å². The Morgan fingerprint density at radius 3 is 0.968 bits per heavy atom. The van der Waals surface area contributed by atoms with Gasteiger partial charge in [-0.3, -0.25) is 9.59 Å². The third kappa shape index (κ3) is 50.1. The van der Waals surface area contributed by atoms with Crippen molar-refractivity contribution in [2.45, 2.75) is 341 Å². The Balaban J connectivity index is 3.38. The molecule has 0 bridgehead atoms. The summed E-state index contributed by atoms with van der Waals surface area (Å²) in [7, 11) is 0. The Labute approximate surface area is 394 Å². The van der Waals surface area contributed by atoms with E-state index < -0.39 is 12.1 Å². The van der Waals surface area contributed by atoms with Crippen molar-refractivity contribution in [3.8, 4) is 0 Å². The number of aliphatic hydroxyl groups excluding tert-OH is 2. The van der Waals surface area contributed by atoms with Crippen LogP contribution in [0.5, 0.6) is 0 Å². The van der Waals surface area contributed by atoms with E-state index in [0.717, 1.165) is 38.5 Å². The Kier molecular flexibility index (Phi) is 52.5. The summed E-state index contributed by atoms with van der Waals surface area (Å²) in [5, 5.41) is 23.2. The molecular formula is C57H113NO5. The quantitative estimate of drug-likeness (QED) is 0.0418. The first-order valence-corrected chi connectivity index (χ1v) is 28.8. The Morgan fingerprint density at radius 1 is 0.381 bits per heavy atom. The average Bonchev–Trinajstić information content (AvgIpc) is 3.28. The maximum absolute atomic E-state index is 12.5. The van der Waals surface area contributed by atoms with Crippen LogP contribution in [-0.4, -0.2) is 47.4 Å². The lowest BCUT2D eigenvalue weighted by Crippen LogP contribution is -2.45. The van der Waals surface area contributed by atoms with Crippen LogP contribution in [0, 0.1) is 0 Å². The molecule has 0 radical (unpaired) electrons. The fraction of sp³-hybridized carbons (Fsp3) is 0.965. The lowest BCUT2D eigenvalue weighted by Gasteiger charge is -2.22. The number of amides is 1. The molecule has 0 aromatic rings. The van der Waals surface area contributed by atoms with Gasteiger partial charge in [0.05, 0.1) is 25.4 Å². The molecule has 0 aromatic carbocycles. The molecule has 2 atom stereocenters. The van der Waals surface area contributed by atoms with Crippen LogP contribution in [0.4, 0.5) is 0 Å². The van der Waals surface area contributed by atoms with Gasteiger partial charge >= 0.3 is 5.97 Å². The lowest BCUT2D eigenvalue weighted by atomic mass is 10.0. The zero-order valence-corrected chi connectivity index (χ0v) is 42.8. The molecule has 0 spiro atoms. The molecule has 6 heteroatoms. The number of unbranched alkanes of at least 4 members (excludes halogenated alkanes) is 43. The van der Waals surface area contributed by atoms with Gasteiger partial charge in [-0.15, -0.1) is 0 Å². The Hall–Kier alpha value is -1.14. The van der Waals surface area contributed by atoms with E-state index in [1.165, 1.54) is 257 Å². The van der Waals surface area contributed by atoms with Crippen molar-refractivity contribution in [2.24, 2.45) is 0 Å². The summed E-state index contributed by atoms with van der Waals surface area (Å²) in [6.45, 7) is 4.97. The maximum atomic E-state index is 12.5. The standard InChI is InChI=1S/C57H113NO5/c1-3-5-7-9-11-13-15-17-25-29-33-37-41-45-49-55(60)54(53-59)58-56(61)50-46-42-38-34-30-26-23-21-19-20-22-24-28-32-36-40-44-48-52-63-57(62)51-47-43-39-35-31-27-18-16-14-12-10-8-6-4-2/h54-55,59-60H,3-53H2,1-2H3,(H,58,61). The van der Waals surface area contributed by atoms with Crippen molar-refractivity contribution < 1.29 is 24.5 Å². The third-order valence-electron chi connectivity index (χ3n) is 13.7. The third-order valence-corrected chi connectivity index (χ3v) is 13.7. The van der Waals surface area contributed by atoms with Crippen LogP contribution in [0.25, 0.3) is 0 Å². The second-order valence-electron chi connectivity index (χ2n) is 20.0. The highest BCUT2D eigenvalue weighted by molar-refractivity contribution is 5.76. The van der Waals surface area contributed by atoms with Gasteiger partial charge in [0.2, 0.25) is 5.91 Å². The number of hydrogen-bond acceptors (Lipinski definition) is 5. The van der Waals surface area contributed by atoms with E-state index >= 15 is 0 Å². The predicted octanol–water partition coefficient (Wildman–Crippen LogP) is 17.5. The van der Waals surface area contributed by atoms with Gasteiger partial charge < -0.3 is 20.3 Å². The van der Waals surface area contributed by atoms with Gasteiger partial charge in [0.25, 0.3) is 0 Å². The predicted molar refractivity (Wildman–Crippen MR) is 274 cm³/mol. The number of esters is 1. The van der Waals surface area contributed by atoms with Crippen LogP contribution in [0.3, 0.4) is 0 Å². The highest BCUT2D eigenvalue weighted by Gasteiger charge is 2.20. The van der Waals surface area contributed by atoms with Gasteiger partial charge in [0, 0.05) is 12.8 Å². The second kappa shape index (κ2) is 53.5. The molecule has 3 N–H and O–H groups in total. The largest absolute Gasteiger partial charge is 0.466 e. The van der Waals surface area contributed by atoms with Gasteiger partial charge in [0.15, 0.2) is 0 Å². The molecule has 0 heterocycles. The number of ether oxygens (including phenoxy) is 1. The minimum atomic E-state index is -0.665. The van der Waals surface area contributed by atoms with E-state index in [1.807, 2.05) is 0 Å². The first kappa shape index (κ1) is 61.9. The van der Waals surface area contributed by atoms with E-state index in [-0.39, 0.29) is 18.5 Å². The Bertz CT molecular complexity index is 898. The van der Waals surface area contributed by atoms with Crippen molar-refractivity contribution in [3.05, 3.63) is 0 Å². The van der Waals surface area contributed by atoms with Crippen LogP contribution >= 0.6 is 0 Å². The van der Waals surface area contributed by atoms with Gasteiger partial charge in [-0.1, -0.05) is 290 Å². The van der Waals surface area contributed by atoms with Crippen LogP contribution in [0.2, 0.25) is 0 Å². The fourth-order valence-corrected chi connectivity index (χ4v) is 9.23. The second-order valence-corrected chi connectivity index (χ2v) is 20.0. The highest BCUT2D eigenvalue weighted by atomic mass is 16.5. The summed E-state index contributed by atoms with van der Waals surface area (Å²) in [5.41, 5.74) is 0. The minimum Gasteiger partial charge on any atom is -0.466 e. The molecule has 0 rings (SSSR count). The van der Waals surface area contributed by atoms with Crippen LogP contribution < -0.4 is 5.32 Å². The summed E-state index contributed by atoms with van der Waals surface area (Å²) in [4.78, 5) is 24.5. The smallest absolute Gasteiger partial charge is 0.305 e. The lowest BCUT2D eigenvalue weighted by molar-refractivity contribution is -0.143. The van der Waals surface area contributed by atoms with Gasteiger partial charge in [-0.2, -0.15) is 0 Å². The number of carbonyl (C=O) groups is 2. The van der Waals surface area contributed by atoms with Gasteiger partial charge in [-0.25, -0.2) is 0 Å². The van der Waals surface area contributed by atoms with Gasteiger partial charge in [0.1, 0.15) is 0 Å². The zero-order valence-electron chi connectivity index (χ0n) is 42.8. The topological polar surface area (TPSA) is 95.9 Å². The van der Waals surface area contributed by atoms with E-state index in [4.69, 9.17) is 4.74 Å². The fourth-order valence-electron chi connectivity index (χ4n) is 9.23. The molecule has 0 aliphatic rings. The molecule has 6 nitrogen and oxygen atoms in total. The summed E-state index contributed by atoms with van der Waals surface area (Å²) >= 11 is 0.